The van der Waals surface area contributed by atoms with Crippen LogP contribution >= 0.6 is 0 Å². The fourth-order valence-corrected chi connectivity index (χ4v) is 9.94. The van der Waals surface area contributed by atoms with Gasteiger partial charge in [0, 0.05) is 24.6 Å². The van der Waals surface area contributed by atoms with E-state index in [9.17, 15) is 14.7 Å². The molecule has 3 aromatic rings. The average Bonchev–Trinajstić information content (AvgIpc) is 3.29. The summed E-state index contributed by atoms with van der Waals surface area (Å²) in [7, 11) is -2.98. The Kier molecular flexibility index (Phi) is 7.71. The number of aliphatic hydroxyl groups excluding tert-OH is 1. The monoisotopic (exact) mass is 518 g/mol. The lowest BCUT2D eigenvalue weighted by Gasteiger charge is -2.45. The van der Waals surface area contributed by atoms with Crippen molar-refractivity contribution in [2.45, 2.75) is 70.1 Å². The maximum absolute atomic E-state index is 12.7. The number of hydrogen-bond acceptors (Lipinski definition) is 5. The van der Waals surface area contributed by atoms with Gasteiger partial charge in [0.05, 0.1) is 12.2 Å². The van der Waals surface area contributed by atoms with Crippen molar-refractivity contribution in [2.75, 3.05) is 0 Å². The highest BCUT2D eigenvalue weighted by atomic mass is 28.4. The molecule has 7 nitrogen and oxygen atoms in total. The molecule has 2 N–H and O–H groups in total. The number of aliphatic hydroxyl groups is 1. The number of rotatable bonds is 7. The van der Waals surface area contributed by atoms with Gasteiger partial charge in [-0.05, 0) is 22.3 Å². The van der Waals surface area contributed by atoms with E-state index in [4.69, 9.17) is 15.6 Å². The van der Waals surface area contributed by atoms with Crippen LogP contribution in [0, 0.1) is 19.3 Å². The van der Waals surface area contributed by atoms with E-state index in [-0.39, 0.29) is 11.5 Å². The Morgan fingerprint density at radius 3 is 2.22 bits per heavy atom. The first-order valence-electron chi connectivity index (χ1n) is 12.5. The molecule has 0 spiro atoms. The molecule has 8 heteroatoms. The van der Waals surface area contributed by atoms with Crippen LogP contribution in [0.5, 0.6) is 0 Å². The van der Waals surface area contributed by atoms with E-state index in [1.807, 2.05) is 36.4 Å². The van der Waals surface area contributed by atoms with E-state index >= 15 is 0 Å². The second kappa shape index (κ2) is 10.6. The molecule has 1 aliphatic rings. The van der Waals surface area contributed by atoms with Crippen LogP contribution in [-0.2, 0) is 9.16 Å². The Balaban J connectivity index is 1.84. The minimum Gasteiger partial charge on any atom is -0.402 e. The topological polar surface area (TPSA) is 93.5 Å². The molecule has 1 aromatic heterocycles. The van der Waals surface area contributed by atoms with Gasteiger partial charge in [-0.3, -0.25) is 14.3 Å². The summed E-state index contributed by atoms with van der Waals surface area (Å²) in [5.74, 6) is 2.51. The summed E-state index contributed by atoms with van der Waals surface area (Å²) >= 11 is 0. The van der Waals surface area contributed by atoms with Gasteiger partial charge in [0.25, 0.3) is 13.9 Å². The van der Waals surface area contributed by atoms with Crippen LogP contribution in [0.25, 0.3) is 0 Å². The number of H-pyrrole nitrogens is 1. The first-order chi connectivity index (χ1) is 17.6. The van der Waals surface area contributed by atoms with Crippen molar-refractivity contribution in [3.63, 3.8) is 0 Å². The van der Waals surface area contributed by atoms with Crippen molar-refractivity contribution in [3.05, 3.63) is 93.3 Å². The Bertz CT molecular complexity index is 1330. The van der Waals surface area contributed by atoms with Gasteiger partial charge < -0.3 is 14.3 Å². The van der Waals surface area contributed by atoms with Crippen molar-refractivity contribution in [3.8, 4) is 12.3 Å². The minimum absolute atomic E-state index is 0.0809. The average molecular weight is 519 g/mol. The van der Waals surface area contributed by atoms with E-state index in [1.54, 1.807) is 6.92 Å². The standard InChI is InChI=1S/C29H34N2O5Si/c1-6-13-23(32)26-24(18-25(35-26)31-19-20(2)27(33)30-28(31)34)36-37(29(3,4)5,21-14-9-7-10-15-21)22-16-11-8-12-17-22/h1,7-12,14-17,19,23-26,32H,13,18H2,2-5H3,(H,30,33,34)/t23?,24-,25+,26+/m0/s1. The second-order valence-electron chi connectivity index (χ2n) is 10.6. The van der Waals surface area contributed by atoms with Gasteiger partial charge in [0.1, 0.15) is 12.3 Å². The third kappa shape index (κ3) is 5.13. The van der Waals surface area contributed by atoms with Gasteiger partial charge in [-0.25, -0.2) is 4.79 Å². The zero-order chi connectivity index (χ0) is 26.8. The molecule has 0 bridgehead atoms. The molecular weight excluding hydrogens is 484 g/mol. The van der Waals surface area contributed by atoms with Crippen LogP contribution in [-0.4, -0.2) is 41.3 Å². The summed E-state index contributed by atoms with van der Waals surface area (Å²) in [6.07, 6.45) is 4.37. The van der Waals surface area contributed by atoms with Crippen molar-refractivity contribution in [1.82, 2.24) is 9.55 Å². The number of nitrogens with one attached hydrogen (secondary N) is 1. The fourth-order valence-electron chi connectivity index (χ4n) is 5.25. The van der Waals surface area contributed by atoms with Crippen molar-refractivity contribution < 1.29 is 14.3 Å². The number of aromatic amines is 1. The second-order valence-corrected chi connectivity index (χ2v) is 14.8. The number of aromatic nitrogens is 2. The first kappa shape index (κ1) is 26.8. The Labute approximate surface area is 218 Å². The van der Waals surface area contributed by atoms with Crippen LogP contribution in [0.3, 0.4) is 0 Å². The van der Waals surface area contributed by atoms with Gasteiger partial charge in [-0.1, -0.05) is 81.4 Å². The molecule has 1 unspecified atom stereocenters. The molecule has 1 fully saturated rings. The maximum Gasteiger partial charge on any atom is 0.330 e. The largest absolute Gasteiger partial charge is 0.402 e. The van der Waals surface area contributed by atoms with E-state index in [1.165, 1.54) is 10.8 Å². The quantitative estimate of drug-likeness (QED) is 0.370. The molecule has 1 aliphatic heterocycles. The fraction of sp³-hybridized carbons (Fsp3) is 0.379. The summed E-state index contributed by atoms with van der Waals surface area (Å²) in [6, 6.07) is 20.4. The molecule has 2 heterocycles. The molecule has 0 radical (unpaired) electrons. The number of aryl methyl sites for hydroxylation is 1. The molecule has 2 aromatic carbocycles. The van der Waals surface area contributed by atoms with E-state index in [0.29, 0.717) is 12.0 Å². The van der Waals surface area contributed by atoms with Crippen LogP contribution < -0.4 is 21.6 Å². The molecule has 0 saturated carbocycles. The van der Waals surface area contributed by atoms with Gasteiger partial charge in [-0.2, -0.15) is 0 Å². The third-order valence-electron chi connectivity index (χ3n) is 7.02. The predicted molar refractivity (Wildman–Crippen MR) is 147 cm³/mol. The van der Waals surface area contributed by atoms with Crippen molar-refractivity contribution in [2.24, 2.45) is 0 Å². The van der Waals surface area contributed by atoms with Crippen LogP contribution in [0.4, 0.5) is 0 Å². The highest BCUT2D eigenvalue weighted by Gasteiger charge is 2.54. The van der Waals surface area contributed by atoms with Crippen LogP contribution in [0.15, 0.2) is 76.4 Å². The Morgan fingerprint density at radius 2 is 1.70 bits per heavy atom. The normalized spacial score (nSPS) is 20.9. The number of ether oxygens (including phenoxy) is 1. The zero-order valence-corrected chi connectivity index (χ0v) is 22.7. The van der Waals surface area contributed by atoms with Crippen molar-refractivity contribution in [1.29, 1.82) is 0 Å². The number of hydrogen-bond donors (Lipinski definition) is 2. The Morgan fingerprint density at radius 1 is 1.14 bits per heavy atom. The molecule has 37 heavy (non-hydrogen) atoms. The smallest absolute Gasteiger partial charge is 0.330 e. The van der Waals surface area contributed by atoms with E-state index in [0.717, 1.165) is 10.4 Å². The Hall–Kier alpha value is -3.22. The summed E-state index contributed by atoms with van der Waals surface area (Å²) in [4.78, 5) is 27.0. The highest BCUT2D eigenvalue weighted by molar-refractivity contribution is 6.99. The van der Waals surface area contributed by atoms with Crippen LogP contribution in [0.1, 0.15) is 45.4 Å². The SMILES string of the molecule is C#CCC(O)[C@H]1O[C@@H](n2cc(C)c(=O)[nH]c2=O)C[C@@H]1O[Si](c1ccccc1)(c1ccccc1)C(C)(C)C. The molecule has 0 amide bonds. The number of terminal acetylenes is 1. The lowest BCUT2D eigenvalue weighted by molar-refractivity contribution is -0.0788. The lowest BCUT2D eigenvalue weighted by Crippen LogP contribution is -2.68. The number of benzene rings is 2. The summed E-state index contributed by atoms with van der Waals surface area (Å²) < 4.78 is 14.9. The minimum atomic E-state index is -2.98. The lowest BCUT2D eigenvalue weighted by atomic mass is 10.1. The molecule has 4 rings (SSSR count). The molecule has 0 aliphatic carbocycles. The first-order valence-corrected chi connectivity index (χ1v) is 14.4. The van der Waals surface area contributed by atoms with Gasteiger partial charge in [-0.15, -0.1) is 12.3 Å². The van der Waals surface area contributed by atoms with E-state index in [2.05, 4.69) is 55.9 Å². The third-order valence-corrected chi connectivity index (χ3v) is 12.1. The predicted octanol–water partition coefficient (Wildman–Crippen LogP) is 2.46. The van der Waals surface area contributed by atoms with Gasteiger partial charge in [0.2, 0.25) is 0 Å². The molecule has 4 atom stereocenters. The summed E-state index contributed by atoms with van der Waals surface area (Å²) in [5.41, 5.74) is -0.625. The molecule has 1 saturated heterocycles. The van der Waals surface area contributed by atoms with Crippen LogP contribution in [0.2, 0.25) is 5.04 Å². The summed E-state index contributed by atoms with van der Waals surface area (Å²) in [6.45, 7) is 8.16. The van der Waals surface area contributed by atoms with Gasteiger partial charge in [0.15, 0.2) is 0 Å². The molecule has 194 valence electrons. The highest BCUT2D eigenvalue weighted by Crippen LogP contribution is 2.41. The summed E-state index contributed by atoms with van der Waals surface area (Å²) in [5, 5.41) is 12.9. The number of nitrogens with zero attached hydrogens (tertiary/aromatic N) is 1. The van der Waals surface area contributed by atoms with E-state index < -0.39 is 44.1 Å². The van der Waals surface area contributed by atoms with Gasteiger partial charge >= 0.3 is 5.69 Å². The van der Waals surface area contributed by atoms with Crippen molar-refractivity contribution >= 4 is 18.7 Å². The zero-order valence-electron chi connectivity index (χ0n) is 21.7. The maximum atomic E-state index is 12.7. The molecular formula is C29H34N2O5Si.